The SMILES string of the molecule is CCc1c(C#N)c(SC(C(N)=O)c2ccccc2)nc(N2CCCC(CNC)C2)c1C#N. The van der Waals surface area contributed by atoms with Crippen LogP contribution >= 0.6 is 11.8 Å². The van der Waals surface area contributed by atoms with Gasteiger partial charge in [-0.05, 0) is 49.9 Å². The second-order valence-electron chi connectivity index (χ2n) is 7.87. The molecule has 1 aliphatic rings. The highest BCUT2D eigenvalue weighted by Gasteiger charge is 2.29. The van der Waals surface area contributed by atoms with E-state index in [1.54, 1.807) is 0 Å². The summed E-state index contributed by atoms with van der Waals surface area (Å²) in [4.78, 5) is 19.3. The molecule has 0 bridgehead atoms. The Morgan fingerprint density at radius 2 is 2.03 bits per heavy atom. The lowest BCUT2D eigenvalue weighted by molar-refractivity contribution is -0.117. The second-order valence-corrected chi connectivity index (χ2v) is 8.96. The monoisotopic (exact) mass is 448 g/mol. The number of thioether (sulfide) groups is 1. The molecule has 0 saturated carbocycles. The van der Waals surface area contributed by atoms with Gasteiger partial charge >= 0.3 is 0 Å². The van der Waals surface area contributed by atoms with Crippen molar-refractivity contribution in [3.63, 3.8) is 0 Å². The van der Waals surface area contributed by atoms with Crippen LogP contribution in [0.1, 0.15) is 47.3 Å². The molecule has 0 spiro atoms. The van der Waals surface area contributed by atoms with Gasteiger partial charge in [0.1, 0.15) is 28.2 Å². The van der Waals surface area contributed by atoms with Gasteiger partial charge in [-0.15, -0.1) is 0 Å². The quantitative estimate of drug-likeness (QED) is 0.595. The zero-order valence-corrected chi connectivity index (χ0v) is 19.3. The number of anilines is 1. The van der Waals surface area contributed by atoms with Gasteiger partial charge in [0.15, 0.2) is 0 Å². The van der Waals surface area contributed by atoms with Gasteiger partial charge < -0.3 is 16.0 Å². The summed E-state index contributed by atoms with van der Waals surface area (Å²) in [6.45, 7) is 4.42. The topological polar surface area (TPSA) is 119 Å². The number of benzene rings is 1. The Kier molecular flexibility index (Phi) is 8.10. The minimum atomic E-state index is -0.681. The Morgan fingerprint density at radius 3 is 2.62 bits per heavy atom. The van der Waals surface area contributed by atoms with E-state index in [0.717, 1.165) is 38.0 Å². The second kappa shape index (κ2) is 11.0. The van der Waals surface area contributed by atoms with Crippen molar-refractivity contribution in [2.24, 2.45) is 11.7 Å². The van der Waals surface area contributed by atoms with Crippen molar-refractivity contribution < 1.29 is 4.79 Å². The summed E-state index contributed by atoms with van der Waals surface area (Å²) in [5, 5.41) is 22.9. The summed E-state index contributed by atoms with van der Waals surface area (Å²) in [7, 11) is 1.94. The number of carbonyl (C=O) groups is 1. The van der Waals surface area contributed by atoms with Crippen LogP contribution in [-0.4, -0.2) is 37.6 Å². The number of pyridine rings is 1. The molecule has 3 rings (SSSR count). The van der Waals surface area contributed by atoms with Crippen molar-refractivity contribution in [2.75, 3.05) is 31.6 Å². The molecule has 0 radical (unpaired) electrons. The normalized spacial score (nSPS) is 16.8. The molecule has 0 aliphatic carbocycles. The Balaban J connectivity index is 2.10. The number of rotatable bonds is 8. The number of nitrogens with zero attached hydrogens (tertiary/aromatic N) is 4. The van der Waals surface area contributed by atoms with Gasteiger partial charge in [0.25, 0.3) is 0 Å². The van der Waals surface area contributed by atoms with Gasteiger partial charge in [0, 0.05) is 13.1 Å². The molecule has 1 aromatic carbocycles. The first kappa shape index (κ1) is 23.6. The third kappa shape index (κ3) is 5.04. The van der Waals surface area contributed by atoms with E-state index in [0.29, 0.717) is 39.9 Å². The van der Waals surface area contributed by atoms with Crippen LogP contribution in [0.3, 0.4) is 0 Å². The number of nitriles is 2. The van der Waals surface area contributed by atoms with Crippen molar-refractivity contribution in [1.29, 1.82) is 10.5 Å². The Hall–Kier alpha value is -3.07. The van der Waals surface area contributed by atoms with Gasteiger partial charge in [-0.25, -0.2) is 4.98 Å². The fourth-order valence-corrected chi connectivity index (χ4v) is 5.30. The third-order valence-electron chi connectivity index (χ3n) is 5.73. The van der Waals surface area contributed by atoms with E-state index in [2.05, 4.69) is 22.4 Å². The van der Waals surface area contributed by atoms with Crippen molar-refractivity contribution >= 4 is 23.5 Å². The Morgan fingerprint density at radius 1 is 1.31 bits per heavy atom. The number of nitrogens with one attached hydrogen (secondary N) is 1. The molecule has 32 heavy (non-hydrogen) atoms. The molecule has 2 unspecified atom stereocenters. The Bertz CT molecular complexity index is 1040. The largest absolute Gasteiger partial charge is 0.368 e. The number of hydrogen-bond acceptors (Lipinski definition) is 7. The molecule has 2 heterocycles. The molecule has 7 nitrogen and oxygen atoms in total. The summed E-state index contributed by atoms with van der Waals surface area (Å²) in [6, 6.07) is 13.8. The smallest absolute Gasteiger partial charge is 0.235 e. The number of nitrogens with two attached hydrogens (primary N) is 1. The van der Waals surface area contributed by atoms with E-state index in [4.69, 9.17) is 10.7 Å². The van der Waals surface area contributed by atoms with E-state index in [1.165, 1.54) is 11.8 Å². The first-order chi connectivity index (χ1) is 15.5. The van der Waals surface area contributed by atoms with Crippen LogP contribution in [-0.2, 0) is 11.2 Å². The van der Waals surface area contributed by atoms with Gasteiger partial charge in [-0.1, -0.05) is 49.0 Å². The molecule has 8 heteroatoms. The summed E-state index contributed by atoms with van der Waals surface area (Å²) in [5.74, 6) is 0.562. The lowest BCUT2D eigenvalue weighted by Gasteiger charge is -2.34. The summed E-state index contributed by atoms with van der Waals surface area (Å²) in [5.41, 5.74) is 7.96. The molecular formula is C24H28N6OS. The minimum absolute atomic E-state index is 0.351. The number of amides is 1. The van der Waals surface area contributed by atoms with Crippen LogP contribution < -0.4 is 16.0 Å². The maximum absolute atomic E-state index is 12.3. The zero-order valence-electron chi connectivity index (χ0n) is 18.5. The minimum Gasteiger partial charge on any atom is -0.368 e. The molecule has 2 aromatic rings. The Labute approximate surface area is 193 Å². The maximum atomic E-state index is 12.3. The van der Waals surface area contributed by atoms with Crippen molar-refractivity contribution in [3.05, 3.63) is 52.6 Å². The van der Waals surface area contributed by atoms with Crippen LogP contribution in [0.4, 0.5) is 5.82 Å². The predicted octanol–water partition coefficient (Wildman–Crippen LogP) is 3.14. The first-order valence-electron chi connectivity index (χ1n) is 10.8. The molecule has 166 valence electrons. The molecule has 1 fully saturated rings. The summed E-state index contributed by atoms with van der Waals surface area (Å²) >= 11 is 1.18. The van der Waals surface area contributed by atoms with E-state index in [9.17, 15) is 15.3 Å². The molecule has 1 amide bonds. The average Bonchev–Trinajstić information content (AvgIpc) is 2.82. The number of primary amides is 1. The highest BCUT2D eigenvalue weighted by Crippen LogP contribution is 2.40. The van der Waals surface area contributed by atoms with Crippen molar-refractivity contribution in [2.45, 2.75) is 36.5 Å². The van der Waals surface area contributed by atoms with E-state index in [-0.39, 0.29) is 0 Å². The van der Waals surface area contributed by atoms with Gasteiger partial charge in [0.05, 0.1) is 11.1 Å². The highest BCUT2D eigenvalue weighted by atomic mass is 32.2. The number of carbonyl (C=O) groups excluding carboxylic acids is 1. The lowest BCUT2D eigenvalue weighted by atomic mass is 9.96. The van der Waals surface area contributed by atoms with Crippen LogP contribution in [0.2, 0.25) is 0 Å². The number of hydrogen-bond donors (Lipinski definition) is 2. The van der Waals surface area contributed by atoms with E-state index < -0.39 is 11.2 Å². The standard InChI is InChI=1S/C24H28N6OS/c1-3-18-19(12-25)23(30-11-7-8-16(15-30)14-28-2)29-24(20(18)13-26)32-21(22(27)31)17-9-5-4-6-10-17/h4-6,9-10,16,21,28H,3,7-8,11,14-15H2,1-2H3,(H2,27,31). The molecule has 1 saturated heterocycles. The molecular weight excluding hydrogens is 420 g/mol. The van der Waals surface area contributed by atoms with E-state index in [1.807, 2.05) is 44.3 Å². The number of aromatic nitrogens is 1. The average molecular weight is 449 g/mol. The summed E-state index contributed by atoms with van der Waals surface area (Å²) < 4.78 is 0. The van der Waals surface area contributed by atoms with Crippen LogP contribution in [0.5, 0.6) is 0 Å². The molecule has 2 atom stereocenters. The van der Waals surface area contributed by atoms with Crippen molar-refractivity contribution in [3.8, 4) is 12.1 Å². The maximum Gasteiger partial charge on any atom is 0.235 e. The third-order valence-corrected chi connectivity index (χ3v) is 6.99. The fraction of sp³-hybridized carbons (Fsp3) is 0.417. The molecule has 1 aromatic heterocycles. The zero-order chi connectivity index (χ0) is 23.1. The van der Waals surface area contributed by atoms with Crippen LogP contribution in [0.25, 0.3) is 0 Å². The molecule has 3 N–H and O–H groups in total. The van der Waals surface area contributed by atoms with Crippen LogP contribution in [0, 0.1) is 28.6 Å². The molecule has 1 aliphatic heterocycles. The van der Waals surface area contributed by atoms with Crippen LogP contribution in [0.15, 0.2) is 35.4 Å². The fourth-order valence-electron chi connectivity index (χ4n) is 4.24. The van der Waals surface area contributed by atoms with E-state index >= 15 is 0 Å². The van der Waals surface area contributed by atoms with Gasteiger partial charge in [0.2, 0.25) is 5.91 Å². The first-order valence-corrected chi connectivity index (χ1v) is 11.7. The highest BCUT2D eigenvalue weighted by molar-refractivity contribution is 8.00. The van der Waals surface area contributed by atoms with Crippen molar-refractivity contribution in [1.82, 2.24) is 10.3 Å². The van der Waals surface area contributed by atoms with Gasteiger partial charge in [-0.3, -0.25) is 4.79 Å². The number of piperidine rings is 1. The predicted molar refractivity (Wildman–Crippen MR) is 126 cm³/mol. The van der Waals surface area contributed by atoms with Gasteiger partial charge in [-0.2, -0.15) is 10.5 Å². The lowest BCUT2D eigenvalue weighted by Crippen LogP contribution is -2.40. The summed E-state index contributed by atoms with van der Waals surface area (Å²) in [6.07, 6.45) is 2.65.